The summed E-state index contributed by atoms with van der Waals surface area (Å²) in [5, 5.41) is 18.9. The average molecular weight is 183 g/mol. The Kier molecular flexibility index (Phi) is 3.11. The van der Waals surface area contributed by atoms with Crippen LogP contribution in [0.4, 0.5) is 0 Å². The lowest BCUT2D eigenvalue weighted by Crippen LogP contribution is -2.11. The molecule has 4 N–H and O–H groups in total. The summed E-state index contributed by atoms with van der Waals surface area (Å²) < 4.78 is 4.88. The molecule has 0 saturated carbocycles. The molecular weight excluding hydrogens is 170 g/mol. The molecule has 4 heteroatoms. The Morgan fingerprint density at radius 1 is 1.54 bits per heavy atom. The van der Waals surface area contributed by atoms with Crippen LogP contribution in [-0.4, -0.2) is 23.9 Å². The molecule has 1 rings (SSSR count). The number of nitrogens with two attached hydrogens (primary N) is 1. The molecule has 0 aliphatic rings. The van der Waals surface area contributed by atoms with Crippen LogP contribution in [0.15, 0.2) is 18.2 Å². The van der Waals surface area contributed by atoms with Gasteiger partial charge < -0.3 is 20.7 Å². The van der Waals surface area contributed by atoms with Crippen molar-refractivity contribution >= 4 is 0 Å². The molecule has 1 atom stereocenters. The van der Waals surface area contributed by atoms with E-state index in [1.165, 1.54) is 7.11 Å². The van der Waals surface area contributed by atoms with Gasteiger partial charge in [0, 0.05) is 12.1 Å². The molecule has 0 radical (unpaired) electrons. The standard InChI is InChI=1S/C9H13NO3/c1-13-8-4-2-3-6(9(8)12)7(11)5-10/h2-4,7,11-12H,5,10H2,1H3. The van der Waals surface area contributed by atoms with E-state index >= 15 is 0 Å². The zero-order valence-corrected chi connectivity index (χ0v) is 7.40. The van der Waals surface area contributed by atoms with Crippen LogP contribution in [0.5, 0.6) is 11.5 Å². The SMILES string of the molecule is COc1cccc(C(O)CN)c1O. The Labute approximate surface area is 76.6 Å². The maximum atomic E-state index is 9.55. The van der Waals surface area contributed by atoms with Gasteiger partial charge in [-0.15, -0.1) is 0 Å². The predicted octanol–water partition coefficient (Wildman–Crippen LogP) is 0.393. The van der Waals surface area contributed by atoms with Crippen LogP contribution < -0.4 is 10.5 Å². The normalized spacial score (nSPS) is 12.5. The third-order valence-electron chi connectivity index (χ3n) is 1.83. The van der Waals surface area contributed by atoms with Gasteiger partial charge in [0.15, 0.2) is 11.5 Å². The molecule has 0 amide bonds. The van der Waals surface area contributed by atoms with E-state index in [4.69, 9.17) is 10.5 Å². The van der Waals surface area contributed by atoms with Gasteiger partial charge in [0.05, 0.1) is 13.2 Å². The number of ether oxygens (including phenoxy) is 1. The molecule has 13 heavy (non-hydrogen) atoms. The van der Waals surface area contributed by atoms with E-state index in [-0.39, 0.29) is 12.3 Å². The molecule has 0 spiro atoms. The van der Waals surface area contributed by atoms with Crippen molar-refractivity contribution in [2.45, 2.75) is 6.10 Å². The van der Waals surface area contributed by atoms with Crippen molar-refractivity contribution in [1.82, 2.24) is 0 Å². The van der Waals surface area contributed by atoms with Crippen molar-refractivity contribution < 1.29 is 14.9 Å². The number of phenols is 1. The lowest BCUT2D eigenvalue weighted by Gasteiger charge is -2.12. The van der Waals surface area contributed by atoms with Gasteiger partial charge in [-0.05, 0) is 6.07 Å². The van der Waals surface area contributed by atoms with Crippen LogP contribution in [0.2, 0.25) is 0 Å². The second-order valence-corrected chi connectivity index (χ2v) is 2.65. The van der Waals surface area contributed by atoms with Gasteiger partial charge in [-0.2, -0.15) is 0 Å². The lowest BCUT2D eigenvalue weighted by atomic mass is 10.1. The monoisotopic (exact) mass is 183 g/mol. The fraction of sp³-hybridized carbons (Fsp3) is 0.333. The van der Waals surface area contributed by atoms with Crippen LogP contribution in [0.25, 0.3) is 0 Å². The maximum Gasteiger partial charge on any atom is 0.163 e. The number of para-hydroxylation sites is 1. The molecule has 0 aromatic heterocycles. The van der Waals surface area contributed by atoms with Crippen LogP contribution in [-0.2, 0) is 0 Å². The molecule has 72 valence electrons. The number of rotatable bonds is 3. The second kappa shape index (κ2) is 4.11. The minimum Gasteiger partial charge on any atom is -0.504 e. The first-order valence-corrected chi connectivity index (χ1v) is 3.94. The second-order valence-electron chi connectivity index (χ2n) is 2.65. The molecule has 0 saturated heterocycles. The van der Waals surface area contributed by atoms with E-state index in [0.717, 1.165) is 0 Å². The topological polar surface area (TPSA) is 75.7 Å². The summed E-state index contributed by atoms with van der Waals surface area (Å²) >= 11 is 0. The minimum atomic E-state index is -0.852. The smallest absolute Gasteiger partial charge is 0.163 e. The number of aromatic hydroxyl groups is 1. The highest BCUT2D eigenvalue weighted by molar-refractivity contribution is 5.46. The van der Waals surface area contributed by atoms with Gasteiger partial charge in [-0.25, -0.2) is 0 Å². The summed E-state index contributed by atoms with van der Waals surface area (Å²) in [7, 11) is 1.45. The highest BCUT2D eigenvalue weighted by atomic mass is 16.5. The Morgan fingerprint density at radius 2 is 2.23 bits per heavy atom. The zero-order valence-electron chi connectivity index (χ0n) is 7.40. The van der Waals surface area contributed by atoms with E-state index in [2.05, 4.69) is 0 Å². The highest BCUT2D eigenvalue weighted by Crippen LogP contribution is 2.32. The maximum absolute atomic E-state index is 9.55. The van der Waals surface area contributed by atoms with Gasteiger partial charge in [0.1, 0.15) is 0 Å². The Morgan fingerprint density at radius 3 is 2.77 bits per heavy atom. The molecule has 0 aliphatic heterocycles. The number of hydrogen-bond donors (Lipinski definition) is 3. The van der Waals surface area contributed by atoms with Crippen LogP contribution >= 0.6 is 0 Å². The Hall–Kier alpha value is -1.26. The summed E-state index contributed by atoms with van der Waals surface area (Å²) in [4.78, 5) is 0. The van der Waals surface area contributed by atoms with E-state index in [9.17, 15) is 10.2 Å². The third-order valence-corrected chi connectivity index (χ3v) is 1.83. The van der Waals surface area contributed by atoms with Gasteiger partial charge in [-0.3, -0.25) is 0 Å². The number of aliphatic hydroxyl groups is 1. The molecule has 1 aromatic carbocycles. The quantitative estimate of drug-likeness (QED) is 0.633. The molecule has 1 unspecified atom stereocenters. The number of benzene rings is 1. The van der Waals surface area contributed by atoms with Crippen LogP contribution in [0.3, 0.4) is 0 Å². The molecule has 0 bridgehead atoms. The summed E-state index contributed by atoms with van der Waals surface area (Å²) in [6.45, 7) is 0.0702. The average Bonchev–Trinajstić information content (AvgIpc) is 2.17. The fourth-order valence-corrected chi connectivity index (χ4v) is 1.10. The van der Waals surface area contributed by atoms with E-state index in [0.29, 0.717) is 11.3 Å². The van der Waals surface area contributed by atoms with Gasteiger partial charge in [-0.1, -0.05) is 12.1 Å². The summed E-state index contributed by atoms with van der Waals surface area (Å²) in [6.07, 6.45) is -0.852. The first kappa shape index (κ1) is 9.83. The van der Waals surface area contributed by atoms with E-state index in [1.807, 2.05) is 0 Å². The number of hydrogen-bond acceptors (Lipinski definition) is 4. The first-order chi connectivity index (χ1) is 6.20. The predicted molar refractivity (Wildman–Crippen MR) is 48.7 cm³/mol. The Bertz CT molecular complexity index is 288. The zero-order chi connectivity index (χ0) is 9.84. The van der Waals surface area contributed by atoms with Crippen molar-refractivity contribution in [3.8, 4) is 11.5 Å². The van der Waals surface area contributed by atoms with Crippen LogP contribution in [0, 0.1) is 0 Å². The number of methoxy groups -OCH3 is 1. The number of phenolic OH excluding ortho intramolecular Hbond substituents is 1. The molecule has 0 fully saturated rings. The first-order valence-electron chi connectivity index (χ1n) is 3.94. The van der Waals surface area contributed by atoms with Crippen molar-refractivity contribution in [3.63, 3.8) is 0 Å². The van der Waals surface area contributed by atoms with Crippen molar-refractivity contribution in [1.29, 1.82) is 0 Å². The van der Waals surface area contributed by atoms with Crippen LogP contribution in [0.1, 0.15) is 11.7 Å². The summed E-state index contributed by atoms with van der Waals surface area (Å²) in [6, 6.07) is 4.91. The minimum absolute atomic E-state index is 0.0528. The number of aliphatic hydroxyl groups excluding tert-OH is 1. The summed E-state index contributed by atoms with van der Waals surface area (Å²) in [5.74, 6) is 0.285. The van der Waals surface area contributed by atoms with Crippen molar-refractivity contribution in [2.75, 3.05) is 13.7 Å². The molecule has 4 nitrogen and oxygen atoms in total. The van der Waals surface area contributed by atoms with E-state index < -0.39 is 6.10 Å². The van der Waals surface area contributed by atoms with Gasteiger partial charge in [0.25, 0.3) is 0 Å². The van der Waals surface area contributed by atoms with E-state index in [1.54, 1.807) is 18.2 Å². The summed E-state index contributed by atoms with van der Waals surface area (Å²) in [5.41, 5.74) is 5.65. The molecular formula is C9H13NO3. The van der Waals surface area contributed by atoms with Gasteiger partial charge >= 0.3 is 0 Å². The van der Waals surface area contributed by atoms with Crippen molar-refractivity contribution in [2.24, 2.45) is 5.73 Å². The molecule has 0 heterocycles. The third kappa shape index (κ3) is 1.91. The van der Waals surface area contributed by atoms with Gasteiger partial charge in [0.2, 0.25) is 0 Å². The lowest BCUT2D eigenvalue weighted by molar-refractivity contribution is 0.181. The molecule has 1 aromatic rings. The Balaban J connectivity index is 3.08. The fourth-order valence-electron chi connectivity index (χ4n) is 1.10. The highest BCUT2D eigenvalue weighted by Gasteiger charge is 2.13. The van der Waals surface area contributed by atoms with Crippen molar-refractivity contribution in [3.05, 3.63) is 23.8 Å². The largest absolute Gasteiger partial charge is 0.504 e. The molecule has 0 aliphatic carbocycles.